The SMILES string of the molecule is C=C(NCCCc1cc(C)ccc1C)c1ccc(N(C)c2cccc(F)c2)cc1. The number of nitrogens with one attached hydrogen (secondary N) is 1. The van der Waals surface area contributed by atoms with Crippen LogP contribution in [-0.2, 0) is 6.42 Å². The summed E-state index contributed by atoms with van der Waals surface area (Å²) < 4.78 is 13.5. The summed E-state index contributed by atoms with van der Waals surface area (Å²) in [7, 11) is 1.93. The zero-order valence-corrected chi connectivity index (χ0v) is 17.5. The fourth-order valence-corrected chi connectivity index (χ4v) is 3.41. The van der Waals surface area contributed by atoms with Crippen LogP contribution in [0, 0.1) is 19.7 Å². The zero-order chi connectivity index (χ0) is 20.8. The van der Waals surface area contributed by atoms with Crippen molar-refractivity contribution in [2.45, 2.75) is 26.7 Å². The molecule has 0 aliphatic rings. The molecule has 0 spiro atoms. The summed E-state index contributed by atoms with van der Waals surface area (Å²) in [5, 5.41) is 3.43. The Kier molecular flexibility index (Phi) is 6.71. The second-order valence-electron chi connectivity index (χ2n) is 7.52. The topological polar surface area (TPSA) is 15.3 Å². The Hall–Kier alpha value is -3.07. The van der Waals surface area contributed by atoms with Gasteiger partial charge in [-0.1, -0.05) is 48.5 Å². The molecule has 0 aliphatic carbocycles. The summed E-state index contributed by atoms with van der Waals surface area (Å²) in [6.45, 7) is 9.36. The molecule has 3 aromatic carbocycles. The lowest BCUT2D eigenvalue weighted by Gasteiger charge is -2.20. The standard InChI is InChI=1S/C26H29FN2/c1-19-10-11-20(2)23(17-19)7-6-16-28-21(3)22-12-14-25(15-13-22)29(4)26-9-5-8-24(27)18-26/h5,8-15,17-18,28H,3,6-7,16H2,1-2,4H3. The number of hydrogen-bond donors (Lipinski definition) is 1. The second kappa shape index (κ2) is 9.42. The maximum absolute atomic E-state index is 13.5. The molecule has 0 saturated carbocycles. The monoisotopic (exact) mass is 388 g/mol. The van der Waals surface area contributed by atoms with E-state index in [9.17, 15) is 4.39 Å². The molecule has 2 nitrogen and oxygen atoms in total. The van der Waals surface area contributed by atoms with E-state index in [2.05, 4.69) is 43.9 Å². The van der Waals surface area contributed by atoms with Crippen molar-refractivity contribution in [2.75, 3.05) is 18.5 Å². The summed E-state index contributed by atoms with van der Waals surface area (Å²) in [6, 6.07) is 21.4. The molecule has 0 amide bonds. The van der Waals surface area contributed by atoms with E-state index in [4.69, 9.17) is 0 Å². The van der Waals surface area contributed by atoms with Crippen LogP contribution in [0.1, 0.15) is 28.7 Å². The lowest BCUT2D eigenvalue weighted by molar-refractivity contribution is 0.628. The molecule has 0 atom stereocenters. The number of halogens is 1. The minimum absolute atomic E-state index is 0.232. The van der Waals surface area contributed by atoms with E-state index in [1.807, 2.05) is 42.3 Å². The highest BCUT2D eigenvalue weighted by molar-refractivity contribution is 5.67. The number of benzene rings is 3. The van der Waals surface area contributed by atoms with Crippen molar-refractivity contribution in [1.82, 2.24) is 5.32 Å². The van der Waals surface area contributed by atoms with Gasteiger partial charge in [-0.25, -0.2) is 4.39 Å². The summed E-state index contributed by atoms with van der Waals surface area (Å²) in [5.74, 6) is -0.232. The number of anilines is 2. The highest BCUT2D eigenvalue weighted by Crippen LogP contribution is 2.25. The molecule has 0 aromatic heterocycles. The first kappa shape index (κ1) is 20.7. The molecule has 3 rings (SSSR count). The molecule has 0 unspecified atom stereocenters. The van der Waals surface area contributed by atoms with Gasteiger partial charge in [-0.05, 0) is 73.7 Å². The normalized spacial score (nSPS) is 10.6. The van der Waals surface area contributed by atoms with E-state index < -0.39 is 0 Å². The van der Waals surface area contributed by atoms with Gasteiger partial charge in [-0.2, -0.15) is 0 Å². The van der Waals surface area contributed by atoms with Gasteiger partial charge >= 0.3 is 0 Å². The minimum atomic E-state index is -0.232. The maximum Gasteiger partial charge on any atom is 0.125 e. The van der Waals surface area contributed by atoms with E-state index in [0.717, 1.165) is 42.0 Å². The van der Waals surface area contributed by atoms with Crippen molar-refractivity contribution in [3.8, 4) is 0 Å². The van der Waals surface area contributed by atoms with Crippen LogP contribution in [0.3, 0.4) is 0 Å². The fraction of sp³-hybridized carbons (Fsp3) is 0.231. The van der Waals surface area contributed by atoms with E-state index in [0.29, 0.717) is 0 Å². The average Bonchev–Trinajstić information content (AvgIpc) is 2.73. The van der Waals surface area contributed by atoms with Gasteiger partial charge in [0.2, 0.25) is 0 Å². The molecule has 3 heteroatoms. The van der Waals surface area contributed by atoms with Gasteiger partial charge in [0.1, 0.15) is 5.82 Å². The van der Waals surface area contributed by atoms with Gasteiger partial charge in [0.15, 0.2) is 0 Å². The molecule has 0 bridgehead atoms. The van der Waals surface area contributed by atoms with E-state index in [-0.39, 0.29) is 5.82 Å². The predicted octanol–water partition coefficient (Wildman–Crippen LogP) is 6.40. The molecular formula is C26H29FN2. The molecule has 150 valence electrons. The molecule has 1 N–H and O–H groups in total. The predicted molar refractivity (Wildman–Crippen MR) is 122 cm³/mol. The van der Waals surface area contributed by atoms with Crippen molar-refractivity contribution < 1.29 is 4.39 Å². The molecule has 0 heterocycles. The molecule has 0 radical (unpaired) electrons. The van der Waals surface area contributed by atoms with E-state index in [1.54, 1.807) is 6.07 Å². The van der Waals surface area contributed by atoms with Crippen molar-refractivity contribution >= 4 is 17.1 Å². The summed E-state index contributed by atoms with van der Waals surface area (Å²) in [4.78, 5) is 1.97. The molecule has 29 heavy (non-hydrogen) atoms. The van der Waals surface area contributed by atoms with Crippen molar-refractivity contribution in [3.63, 3.8) is 0 Å². The average molecular weight is 389 g/mol. The number of nitrogens with zero attached hydrogens (tertiary/aromatic N) is 1. The molecule has 0 fully saturated rings. The first-order valence-corrected chi connectivity index (χ1v) is 10.0. The lowest BCUT2D eigenvalue weighted by Crippen LogP contribution is -2.14. The Labute approximate surface area is 173 Å². The number of rotatable bonds is 8. The summed E-state index contributed by atoms with van der Waals surface area (Å²) >= 11 is 0. The van der Waals surface area contributed by atoms with Crippen LogP contribution in [0.2, 0.25) is 0 Å². The molecule has 0 aliphatic heterocycles. The fourth-order valence-electron chi connectivity index (χ4n) is 3.41. The van der Waals surface area contributed by atoms with Crippen molar-refractivity contribution in [2.24, 2.45) is 0 Å². The van der Waals surface area contributed by atoms with Crippen LogP contribution in [0.25, 0.3) is 5.70 Å². The smallest absolute Gasteiger partial charge is 0.125 e. The Morgan fingerprint density at radius 1 is 0.966 bits per heavy atom. The van der Waals surface area contributed by atoms with Crippen LogP contribution in [0.4, 0.5) is 15.8 Å². The van der Waals surface area contributed by atoms with E-state index in [1.165, 1.54) is 28.8 Å². The second-order valence-corrected chi connectivity index (χ2v) is 7.52. The maximum atomic E-state index is 13.5. The van der Waals surface area contributed by atoms with Crippen molar-refractivity contribution in [3.05, 3.63) is 101 Å². The van der Waals surface area contributed by atoms with Gasteiger partial charge in [-0.3, -0.25) is 0 Å². The largest absolute Gasteiger partial charge is 0.385 e. The zero-order valence-electron chi connectivity index (χ0n) is 17.5. The van der Waals surface area contributed by atoms with Gasteiger partial charge in [0, 0.05) is 30.7 Å². The number of hydrogen-bond acceptors (Lipinski definition) is 2. The van der Waals surface area contributed by atoms with Crippen LogP contribution in [0.15, 0.2) is 73.3 Å². The van der Waals surface area contributed by atoms with E-state index >= 15 is 0 Å². The van der Waals surface area contributed by atoms with Crippen molar-refractivity contribution in [1.29, 1.82) is 0 Å². The highest BCUT2D eigenvalue weighted by atomic mass is 19.1. The highest BCUT2D eigenvalue weighted by Gasteiger charge is 2.06. The van der Waals surface area contributed by atoms with Crippen LogP contribution in [-0.4, -0.2) is 13.6 Å². The van der Waals surface area contributed by atoms with Crippen LogP contribution < -0.4 is 10.2 Å². The Balaban J connectivity index is 1.53. The third-order valence-corrected chi connectivity index (χ3v) is 5.26. The molecular weight excluding hydrogens is 359 g/mol. The quantitative estimate of drug-likeness (QED) is 0.449. The lowest BCUT2D eigenvalue weighted by atomic mass is 10.0. The summed E-state index contributed by atoms with van der Waals surface area (Å²) in [5.41, 5.74) is 7.89. The third-order valence-electron chi connectivity index (χ3n) is 5.26. The van der Waals surface area contributed by atoms with Gasteiger partial charge in [0.25, 0.3) is 0 Å². The van der Waals surface area contributed by atoms with Crippen LogP contribution >= 0.6 is 0 Å². The third kappa shape index (κ3) is 5.47. The first-order valence-electron chi connectivity index (χ1n) is 10.0. The molecule has 3 aromatic rings. The summed E-state index contributed by atoms with van der Waals surface area (Å²) in [6.07, 6.45) is 2.12. The Bertz CT molecular complexity index is 976. The Morgan fingerprint density at radius 2 is 1.72 bits per heavy atom. The van der Waals surface area contributed by atoms with Gasteiger partial charge in [-0.15, -0.1) is 0 Å². The Morgan fingerprint density at radius 3 is 2.45 bits per heavy atom. The first-order chi connectivity index (χ1) is 13.9. The minimum Gasteiger partial charge on any atom is -0.385 e. The number of aryl methyl sites for hydroxylation is 3. The van der Waals surface area contributed by atoms with Gasteiger partial charge in [0.05, 0.1) is 0 Å². The molecule has 0 saturated heterocycles. The van der Waals surface area contributed by atoms with Gasteiger partial charge < -0.3 is 10.2 Å². The van der Waals surface area contributed by atoms with Crippen LogP contribution in [0.5, 0.6) is 0 Å².